The van der Waals surface area contributed by atoms with E-state index in [1.807, 2.05) is 6.07 Å². The van der Waals surface area contributed by atoms with Gasteiger partial charge in [-0.25, -0.2) is 8.78 Å². The zero-order valence-electron chi connectivity index (χ0n) is 18.6. The Morgan fingerprint density at radius 3 is 2.65 bits per heavy atom. The van der Waals surface area contributed by atoms with Crippen molar-refractivity contribution in [3.63, 3.8) is 0 Å². The molecule has 182 valence electrons. The first kappa shape index (κ1) is 24.1. The van der Waals surface area contributed by atoms with E-state index in [1.165, 1.54) is 0 Å². The lowest BCUT2D eigenvalue weighted by molar-refractivity contribution is -0.198. The molecule has 4 aliphatic rings. The SMILES string of the molecule is N#C[C@@H](C[C@@H]1CCCNC1=O)NC(=O)[C@H]1[C@H]2CC[C@H](CC2(F)F)N1C(=O)[C@H](O)c1ccccc1. The Hall–Kier alpha value is -3.06. The number of hydrogen-bond acceptors (Lipinski definition) is 5. The Bertz CT molecular complexity index is 983. The molecule has 1 saturated carbocycles. The average Bonchev–Trinajstić information content (AvgIpc) is 2.83. The molecule has 0 radical (unpaired) electrons. The topological polar surface area (TPSA) is 123 Å². The monoisotopic (exact) mass is 474 g/mol. The molecule has 5 rings (SSSR count). The number of halogens is 2. The number of amides is 3. The van der Waals surface area contributed by atoms with Crippen LogP contribution < -0.4 is 10.6 Å². The van der Waals surface area contributed by atoms with E-state index in [0.717, 1.165) is 11.3 Å². The number of piperidine rings is 3. The van der Waals surface area contributed by atoms with Crippen molar-refractivity contribution in [2.75, 3.05) is 6.54 Å². The molecule has 6 atom stereocenters. The number of fused-ring (bicyclic) bond motifs is 3. The number of rotatable bonds is 6. The Kier molecular flexibility index (Phi) is 6.84. The molecule has 3 heterocycles. The van der Waals surface area contributed by atoms with E-state index in [4.69, 9.17) is 0 Å². The van der Waals surface area contributed by atoms with Gasteiger partial charge in [0, 0.05) is 24.9 Å². The van der Waals surface area contributed by atoms with Crippen molar-refractivity contribution in [3.8, 4) is 6.07 Å². The van der Waals surface area contributed by atoms with E-state index in [9.17, 15) is 33.5 Å². The summed E-state index contributed by atoms with van der Waals surface area (Å²) in [6.07, 6.45) is -0.419. The Balaban J connectivity index is 1.56. The van der Waals surface area contributed by atoms with Crippen molar-refractivity contribution in [2.45, 2.75) is 68.7 Å². The van der Waals surface area contributed by atoms with Gasteiger partial charge in [-0.05, 0) is 37.7 Å². The summed E-state index contributed by atoms with van der Waals surface area (Å²) in [7, 11) is 0. The predicted octanol–water partition coefficient (Wildman–Crippen LogP) is 1.66. The van der Waals surface area contributed by atoms with E-state index in [0.29, 0.717) is 24.9 Å². The van der Waals surface area contributed by atoms with E-state index >= 15 is 0 Å². The van der Waals surface area contributed by atoms with Crippen molar-refractivity contribution < 1.29 is 28.3 Å². The summed E-state index contributed by atoms with van der Waals surface area (Å²) in [5.74, 6) is -6.89. The maximum absolute atomic E-state index is 14.8. The Labute approximate surface area is 196 Å². The summed E-state index contributed by atoms with van der Waals surface area (Å²) < 4.78 is 29.6. The number of carbonyl (C=O) groups excluding carboxylic acids is 3. The van der Waals surface area contributed by atoms with Crippen molar-refractivity contribution in [2.24, 2.45) is 11.8 Å². The van der Waals surface area contributed by atoms with Crippen molar-refractivity contribution in [1.82, 2.24) is 15.5 Å². The van der Waals surface area contributed by atoms with Gasteiger partial charge >= 0.3 is 0 Å². The van der Waals surface area contributed by atoms with Gasteiger partial charge in [0.25, 0.3) is 11.8 Å². The lowest BCUT2D eigenvalue weighted by Crippen LogP contribution is -2.69. The Morgan fingerprint density at radius 1 is 1.26 bits per heavy atom. The summed E-state index contributed by atoms with van der Waals surface area (Å²) in [6, 6.07) is 6.58. The highest BCUT2D eigenvalue weighted by atomic mass is 19.3. The highest BCUT2D eigenvalue weighted by Gasteiger charge is 2.61. The van der Waals surface area contributed by atoms with Crippen LogP contribution in [0.5, 0.6) is 0 Å². The number of alkyl halides is 2. The van der Waals surface area contributed by atoms with Crippen LogP contribution in [-0.2, 0) is 14.4 Å². The molecule has 1 aromatic rings. The van der Waals surface area contributed by atoms with Crippen LogP contribution in [0.2, 0.25) is 0 Å². The molecule has 34 heavy (non-hydrogen) atoms. The van der Waals surface area contributed by atoms with Gasteiger partial charge in [0.05, 0.1) is 12.0 Å². The molecule has 8 nitrogen and oxygen atoms in total. The number of nitrogens with zero attached hydrogens (tertiary/aromatic N) is 2. The summed E-state index contributed by atoms with van der Waals surface area (Å²) >= 11 is 0. The van der Waals surface area contributed by atoms with Crippen LogP contribution >= 0.6 is 0 Å². The van der Waals surface area contributed by atoms with Gasteiger partial charge in [-0.2, -0.15) is 5.26 Å². The molecule has 4 fully saturated rings. The molecule has 1 aliphatic carbocycles. The fourth-order valence-corrected chi connectivity index (χ4v) is 5.49. The third-order valence-corrected chi connectivity index (χ3v) is 7.20. The molecule has 2 bridgehead atoms. The van der Waals surface area contributed by atoms with Gasteiger partial charge in [0.2, 0.25) is 11.8 Å². The molecule has 3 amide bonds. The summed E-state index contributed by atoms with van der Waals surface area (Å²) in [5, 5.41) is 25.5. The zero-order valence-corrected chi connectivity index (χ0v) is 18.6. The van der Waals surface area contributed by atoms with Gasteiger partial charge in [-0.15, -0.1) is 0 Å². The fraction of sp³-hybridized carbons (Fsp3) is 0.583. The molecular weight excluding hydrogens is 446 g/mol. The van der Waals surface area contributed by atoms with E-state index in [2.05, 4.69) is 10.6 Å². The van der Waals surface area contributed by atoms with Crippen LogP contribution in [0.15, 0.2) is 30.3 Å². The zero-order chi connectivity index (χ0) is 24.5. The van der Waals surface area contributed by atoms with Gasteiger partial charge < -0.3 is 20.6 Å². The first-order valence-electron chi connectivity index (χ1n) is 11.6. The second-order valence-electron chi connectivity index (χ2n) is 9.36. The standard InChI is InChI=1S/C24H28F2N4O4/c25-24(26)12-17-8-9-18(24)19(30(17)23(34)20(31)14-5-2-1-3-6-14)22(33)29-16(13-27)11-15-7-4-10-28-21(15)32/h1-3,5-6,15-20,31H,4,7-12H2,(H,28,32)(H,29,33)/t15-,16+,17+,18+,19+,20+/m0/s1. The van der Waals surface area contributed by atoms with Crippen LogP contribution in [0, 0.1) is 23.2 Å². The molecule has 0 aromatic heterocycles. The highest BCUT2D eigenvalue weighted by Crippen LogP contribution is 2.49. The van der Waals surface area contributed by atoms with Crippen LogP contribution in [0.3, 0.4) is 0 Å². The maximum atomic E-state index is 14.8. The third kappa shape index (κ3) is 4.62. The molecule has 3 N–H and O–H groups in total. The summed E-state index contributed by atoms with van der Waals surface area (Å²) in [6.45, 7) is 0.556. The first-order chi connectivity index (χ1) is 16.2. The van der Waals surface area contributed by atoms with Crippen LogP contribution in [0.4, 0.5) is 8.78 Å². The first-order valence-corrected chi connectivity index (χ1v) is 11.6. The summed E-state index contributed by atoms with van der Waals surface area (Å²) in [5.41, 5.74) is 0.304. The number of hydrogen-bond donors (Lipinski definition) is 3. The van der Waals surface area contributed by atoms with Gasteiger partial charge in [-0.1, -0.05) is 30.3 Å². The van der Waals surface area contributed by atoms with Gasteiger partial charge in [0.15, 0.2) is 6.10 Å². The van der Waals surface area contributed by atoms with Crippen LogP contribution in [0.1, 0.15) is 50.2 Å². The number of aliphatic hydroxyl groups excluding tert-OH is 1. The van der Waals surface area contributed by atoms with Gasteiger partial charge in [-0.3, -0.25) is 14.4 Å². The Morgan fingerprint density at radius 2 is 2.00 bits per heavy atom. The molecular formula is C24H28F2N4O4. The molecule has 3 saturated heterocycles. The average molecular weight is 475 g/mol. The number of carbonyl (C=O) groups is 3. The van der Waals surface area contributed by atoms with E-state index in [-0.39, 0.29) is 18.7 Å². The largest absolute Gasteiger partial charge is 0.378 e. The second kappa shape index (κ2) is 9.66. The second-order valence-corrected chi connectivity index (χ2v) is 9.36. The summed E-state index contributed by atoms with van der Waals surface area (Å²) in [4.78, 5) is 39.7. The van der Waals surface area contributed by atoms with E-state index < -0.39 is 60.2 Å². The van der Waals surface area contributed by atoms with Gasteiger partial charge in [0.1, 0.15) is 12.1 Å². The normalized spacial score (nSPS) is 29.5. The third-order valence-electron chi connectivity index (χ3n) is 7.20. The molecule has 0 unspecified atom stereocenters. The lowest BCUT2D eigenvalue weighted by atomic mass is 9.71. The predicted molar refractivity (Wildman–Crippen MR) is 116 cm³/mol. The molecule has 1 aromatic carbocycles. The minimum atomic E-state index is -3.15. The van der Waals surface area contributed by atoms with Crippen molar-refractivity contribution in [3.05, 3.63) is 35.9 Å². The fourth-order valence-electron chi connectivity index (χ4n) is 5.49. The van der Waals surface area contributed by atoms with Crippen molar-refractivity contribution in [1.29, 1.82) is 5.26 Å². The lowest BCUT2D eigenvalue weighted by Gasteiger charge is -2.54. The number of aliphatic hydroxyl groups is 1. The van der Waals surface area contributed by atoms with E-state index in [1.54, 1.807) is 30.3 Å². The number of nitrogens with one attached hydrogen (secondary N) is 2. The molecule has 3 aliphatic heterocycles. The molecule has 10 heteroatoms. The maximum Gasteiger partial charge on any atom is 0.256 e. The van der Waals surface area contributed by atoms with Crippen LogP contribution in [-0.4, -0.2) is 58.3 Å². The van der Waals surface area contributed by atoms with Crippen LogP contribution in [0.25, 0.3) is 0 Å². The van der Waals surface area contributed by atoms with Crippen molar-refractivity contribution >= 4 is 17.7 Å². The number of nitriles is 1. The molecule has 0 spiro atoms. The minimum Gasteiger partial charge on any atom is -0.378 e. The minimum absolute atomic E-state index is 0.0587. The quantitative estimate of drug-likeness (QED) is 0.579. The number of benzene rings is 1. The smallest absolute Gasteiger partial charge is 0.256 e. The highest BCUT2D eigenvalue weighted by molar-refractivity contribution is 5.91.